The predicted octanol–water partition coefficient (Wildman–Crippen LogP) is 1.03. The number of hydrogen-bond acceptors (Lipinski definition) is 2. The molecule has 2 aliphatic rings. The van der Waals surface area contributed by atoms with Crippen LogP contribution >= 0.6 is 0 Å². The number of allylic oxidation sites excluding steroid dienone is 2. The molecule has 4 N–H and O–H groups in total. The van der Waals surface area contributed by atoms with Crippen LogP contribution < -0.4 is 11.5 Å². The lowest BCUT2D eigenvalue weighted by Gasteiger charge is -2.38. The van der Waals surface area contributed by atoms with Crippen molar-refractivity contribution in [2.45, 2.75) is 18.8 Å². The topological polar surface area (TPSA) is 86.2 Å². The maximum atomic E-state index is 12.3. The Kier molecular flexibility index (Phi) is 2.71. The van der Waals surface area contributed by atoms with Gasteiger partial charge in [-0.2, -0.15) is 0 Å². The lowest BCUT2D eigenvalue weighted by Crippen LogP contribution is -2.54. The fourth-order valence-electron chi connectivity index (χ4n) is 4.02. The van der Waals surface area contributed by atoms with Crippen molar-refractivity contribution in [1.29, 1.82) is 0 Å². The van der Waals surface area contributed by atoms with E-state index in [4.69, 9.17) is 11.5 Å². The maximum absolute atomic E-state index is 12.3. The number of rotatable bonds is 3. The molecule has 0 radical (unpaired) electrons. The van der Waals surface area contributed by atoms with Crippen molar-refractivity contribution in [2.24, 2.45) is 29.2 Å². The highest BCUT2D eigenvalue weighted by Gasteiger charge is 2.62. The van der Waals surface area contributed by atoms with Crippen molar-refractivity contribution in [3.63, 3.8) is 0 Å². The number of benzene rings is 1. The van der Waals surface area contributed by atoms with E-state index in [-0.39, 0.29) is 11.8 Å². The Hall–Kier alpha value is -2.10. The lowest BCUT2D eigenvalue weighted by molar-refractivity contribution is -0.134. The summed E-state index contributed by atoms with van der Waals surface area (Å²) in [5.74, 6) is -1.46. The van der Waals surface area contributed by atoms with Crippen LogP contribution in [-0.4, -0.2) is 11.8 Å². The first-order chi connectivity index (χ1) is 9.47. The van der Waals surface area contributed by atoms with Crippen LogP contribution in [0.5, 0.6) is 0 Å². The van der Waals surface area contributed by atoms with Crippen molar-refractivity contribution < 1.29 is 9.59 Å². The van der Waals surface area contributed by atoms with E-state index in [9.17, 15) is 9.59 Å². The standard InChI is InChI=1S/C16H18N2O2/c1-9-2-5-11(6-3-9)16(15(18)20)12-7-4-10(8-12)13(16)14(17)19/h2-7,10,12-13H,8H2,1H3,(H2,17,19)(H2,18,20). The van der Waals surface area contributed by atoms with E-state index in [2.05, 4.69) is 0 Å². The van der Waals surface area contributed by atoms with E-state index >= 15 is 0 Å². The molecule has 20 heavy (non-hydrogen) atoms. The summed E-state index contributed by atoms with van der Waals surface area (Å²) in [6.07, 6.45) is 4.77. The van der Waals surface area contributed by atoms with Gasteiger partial charge in [-0.25, -0.2) is 0 Å². The molecule has 0 aromatic heterocycles. The van der Waals surface area contributed by atoms with Gasteiger partial charge >= 0.3 is 0 Å². The minimum absolute atomic E-state index is 0.0197. The number of carbonyl (C=O) groups excluding carboxylic acids is 2. The first-order valence-electron chi connectivity index (χ1n) is 6.82. The van der Waals surface area contributed by atoms with Gasteiger partial charge in [0.2, 0.25) is 11.8 Å². The average molecular weight is 270 g/mol. The van der Waals surface area contributed by atoms with Gasteiger partial charge in [0.15, 0.2) is 0 Å². The molecule has 1 saturated carbocycles. The second-order valence-corrected chi connectivity index (χ2v) is 5.87. The minimum Gasteiger partial charge on any atom is -0.369 e. The van der Waals surface area contributed by atoms with Crippen LogP contribution in [0.1, 0.15) is 17.5 Å². The quantitative estimate of drug-likeness (QED) is 0.804. The van der Waals surface area contributed by atoms with E-state index in [1.54, 1.807) is 0 Å². The summed E-state index contributed by atoms with van der Waals surface area (Å²) < 4.78 is 0. The second kappa shape index (κ2) is 4.20. The highest BCUT2D eigenvalue weighted by atomic mass is 16.2. The van der Waals surface area contributed by atoms with Gasteiger partial charge in [0.25, 0.3) is 0 Å². The normalized spacial score (nSPS) is 34.4. The van der Waals surface area contributed by atoms with Gasteiger partial charge in [-0.3, -0.25) is 9.59 Å². The summed E-state index contributed by atoms with van der Waals surface area (Å²) in [6, 6.07) is 7.66. The van der Waals surface area contributed by atoms with E-state index in [0.29, 0.717) is 0 Å². The first-order valence-corrected chi connectivity index (χ1v) is 6.82. The third-order valence-corrected chi connectivity index (χ3v) is 4.86. The minimum atomic E-state index is -0.987. The third-order valence-electron chi connectivity index (χ3n) is 4.86. The van der Waals surface area contributed by atoms with Gasteiger partial charge in [0, 0.05) is 0 Å². The summed E-state index contributed by atoms with van der Waals surface area (Å²) >= 11 is 0. The van der Waals surface area contributed by atoms with Gasteiger partial charge in [-0.1, -0.05) is 42.0 Å². The number of aryl methyl sites for hydroxylation is 1. The molecule has 0 saturated heterocycles. The number of primary amides is 2. The fraction of sp³-hybridized carbons (Fsp3) is 0.375. The SMILES string of the molecule is Cc1ccc(C2(C(N)=O)C3C=CC(C3)C2C(N)=O)cc1. The summed E-state index contributed by atoms with van der Waals surface area (Å²) in [7, 11) is 0. The van der Waals surface area contributed by atoms with Crippen molar-refractivity contribution in [2.75, 3.05) is 0 Å². The zero-order chi connectivity index (χ0) is 14.5. The van der Waals surface area contributed by atoms with Crippen LogP contribution in [0.2, 0.25) is 0 Å². The molecule has 0 heterocycles. The van der Waals surface area contributed by atoms with Gasteiger partial charge in [-0.05, 0) is 30.7 Å². The van der Waals surface area contributed by atoms with Gasteiger partial charge in [0.05, 0.1) is 11.3 Å². The molecule has 3 rings (SSSR count). The molecular weight excluding hydrogens is 252 g/mol. The first kappa shape index (κ1) is 12.9. The molecule has 2 amide bonds. The molecular formula is C16H18N2O2. The van der Waals surface area contributed by atoms with E-state index in [1.165, 1.54) is 0 Å². The zero-order valence-electron chi connectivity index (χ0n) is 11.4. The average Bonchev–Trinajstić information content (AvgIpc) is 2.98. The van der Waals surface area contributed by atoms with Crippen LogP contribution in [0.15, 0.2) is 36.4 Å². The van der Waals surface area contributed by atoms with E-state index < -0.39 is 23.1 Å². The van der Waals surface area contributed by atoms with Gasteiger partial charge < -0.3 is 11.5 Å². The molecule has 104 valence electrons. The van der Waals surface area contributed by atoms with Crippen molar-refractivity contribution in [3.05, 3.63) is 47.5 Å². The largest absolute Gasteiger partial charge is 0.369 e. The lowest BCUT2D eigenvalue weighted by atomic mass is 9.63. The predicted molar refractivity (Wildman–Crippen MR) is 75.5 cm³/mol. The summed E-state index contributed by atoms with van der Waals surface area (Å²) in [6.45, 7) is 1.98. The highest BCUT2D eigenvalue weighted by molar-refractivity contribution is 5.96. The van der Waals surface area contributed by atoms with Crippen LogP contribution in [0.25, 0.3) is 0 Å². The number of carbonyl (C=O) groups is 2. The number of amides is 2. The summed E-state index contributed by atoms with van der Waals surface area (Å²) in [5, 5.41) is 0. The third kappa shape index (κ3) is 1.48. The fourth-order valence-corrected chi connectivity index (χ4v) is 4.02. The number of nitrogens with two attached hydrogens (primary N) is 2. The van der Waals surface area contributed by atoms with Crippen LogP contribution in [0.3, 0.4) is 0 Å². The van der Waals surface area contributed by atoms with Crippen molar-refractivity contribution >= 4 is 11.8 Å². The second-order valence-electron chi connectivity index (χ2n) is 5.87. The molecule has 1 aromatic carbocycles. The van der Waals surface area contributed by atoms with Gasteiger partial charge in [0.1, 0.15) is 0 Å². The molecule has 4 heteroatoms. The Bertz CT molecular complexity index is 605. The molecule has 1 fully saturated rings. The monoisotopic (exact) mass is 270 g/mol. The highest BCUT2D eigenvalue weighted by Crippen LogP contribution is 2.57. The number of hydrogen-bond donors (Lipinski definition) is 2. The molecule has 4 atom stereocenters. The molecule has 2 bridgehead atoms. The Balaban J connectivity index is 2.22. The summed E-state index contributed by atoms with van der Waals surface area (Å²) in [5.41, 5.74) is 12.2. The van der Waals surface area contributed by atoms with E-state index in [0.717, 1.165) is 17.5 Å². The Morgan fingerprint density at radius 2 is 1.80 bits per heavy atom. The van der Waals surface area contributed by atoms with Crippen molar-refractivity contribution in [3.8, 4) is 0 Å². The van der Waals surface area contributed by atoms with Crippen molar-refractivity contribution in [1.82, 2.24) is 0 Å². The molecule has 2 aliphatic carbocycles. The Labute approximate surface area is 117 Å². The summed E-state index contributed by atoms with van der Waals surface area (Å²) in [4.78, 5) is 24.2. The zero-order valence-corrected chi connectivity index (χ0v) is 11.4. The number of fused-ring (bicyclic) bond motifs is 2. The van der Waals surface area contributed by atoms with Crippen LogP contribution in [0.4, 0.5) is 0 Å². The molecule has 4 unspecified atom stereocenters. The van der Waals surface area contributed by atoms with E-state index in [1.807, 2.05) is 43.3 Å². The Morgan fingerprint density at radius 1 is 1.15 bits per heavy atom. The maximum Gasteiger partial charge on any atom is 0.229 e. The molecule has 4 nitrogen and oxygen atoms in total. The molecule has 0 aliphatic heterocycles. The molecule has 0 spiro atoms. The van der Waals surface area contributed by atoms with Crippen LogP contribution in [0, 0.1) is 24.7 Å². The molecule has 1 aromatic rings. The van der Waals surface area contributed by atoms with Crippen LogP contribution in [-0.2, 0) is 15.0 Å². The van der Waals surface area contributed by atoms with Gasteiger partial charge in [-0.15, -0.1) is 0 Å². The Morgan fingerprint density at radius 3 is 2.35 bits per heavy atom. The smallest absolute Gasteiger partial charge is 0.229 e.